The second-order valence-corrected chi connectivity index (χ2v) is 7.68. The Balaban J connectivity index is 0.000000694. The fourth-order valence-corrected chi connectivity index (χ4v) is 3.19. The van der Waals surface area contributed by atoms with Gasteiger partial charge in [-0.15, -0.1) is 0 Å². The van der Waals surface area contributed by atoms with Crippen LogP contribution in [0.25, 0.3) is 0 Å². The summed E-state index contributed by atoms with van der Waals surface area (Å²) in [7, 11) is 0. The molecular formula is C24H45NO2. The van der Waals surface area contributed by atoms with Crippen molar-refractivity contribution in [1.82, 2.24) is 0 Å². The van der Waals surface area contributed by atoms with Gasteiger partial charge in [-0.1, -0.05) is 109 Å². The summed E-state index contributed by atoms with van der Waals surface area (Å²) >= 11 is 0. The van der Waals surface area contributed by atoms with Gasteiger partial charge in [-0.25, -0.2) is 0 Å². The van der Waals surface area contributed by atoms with Gasteiger partial charge in [0.05, 0.1) is 11.8 Å². The molecule has 1 rings (SSSR count). The van der Waals surface area contributed by atoms with Gasteiger partial charge in [0.1, 0.15) is 5.75 Å². The fourth-order valence-electron chi connectivity index (χ4n) is 3.19. The lowest BCUT2D eigenvalue weighted by atomic mass is 10.0. The highest BCUT2D eigenvalue weighted by molar-refractivity contribution is 5.50. The Morgan fingerprint density at radius 3 is 1.59 bits per heavy atom. The minimum atomic E-state index is -0.0341. The molecule has 0 aliphatic rings. The molecule has 0 aliphatic carbocycles. The molecule has 0 bridgehead atoms. The minimum absolute atomic E-state index is 0.0341. The van der Waals surface area contributed by atoms with E-state index in [2.05, 4.69) is 13.8 Å². The van der Waals surface area contributed by atoms with Gasteiger partial charge in [-0.05, 0) is 25.0 Å². The van der Waals surface area contributed by atoms with Crippen LogP contribution in [0.1, 0.15) is 110 Å². The summed E-state index contributed by atoms with van der Waals surface area (Å²) in [4.78, 5) is 0. The van der Waals surface area contributed by atoms with Crippen molar-refractivity contribution in [2.75, 3.05) is 5.73 Å². The maximum absolute atomic E-state index is 9.61. The van der Waals surface area contributed by atoms with Crippen LogP contribution in [-0.4, -0.2) is 16.3 Å². The van der Waals surface area contributed by atoms with Crippen LogP contribution in [0.2, 0.25) is 0 Å². The summed E-state index contributed by atoms with van der Waals surface area (Å²) in [6.45, 7) is 4.42. The third kappa shape index (κ3) is 17.9. The molecule has 0 spiro atoms. The van der Waals surface area contributed by atoms with Gasteiger partial charge in [-0.3, -0.25) is 0 Å². The molecular weight excluding hydrogens is 334 g/mol. The molecule has 0 radical (unpaired) electrons. The van der Waals surface area contributed by atoms with Crippen molar-refractivity contribution in [3.63, 3.8) is 0 Å². The average Bonchev–Trinajstić information content (AvgIpc) is 2.66. The quantitative estimate of drug-likeness (QED) is 0.171. The van der Waals surface area contributed by atoms with Crippen molar-refractivity contribution in [2.24, 2.45) is 0 Å². The number of nitrogens with two attached hydrogens (primary N) is 1. The van der Waals surface area contributed by atoms with Gasteiger partial charge in [0, 0.05) is 0 Å². The van der Waals surface area contributed by atoms with Gasteiger partial charge in [0.2, 0.25) is 0 Å². The second kappa shape index (κ2) is 19.5. The molecule has 0 fully saturated rings. The molecule has 27 heavy (non-hydrogen) atoms. The number of unbranched alkanes of at least 4 members (excludes halogenated alkanes) is 11. The van der Waals surface area contributed by atoms with Crippen LogP contribution in [-0.2, 0) is 0 Å². The Kier molecular flexibility index (Phi) is 18.7. The molecule has 4 N–H and O–H groups in total. The summed E-state index contributed by atoms with van der Waals surface area (Å²) < 4.78 is 0. The van der Waals surface area contributed by atoms with Crippen LogP contribution in [0, 0.1) is 0 Å². The molecule has 0 heterocycles. The van der Waals surface area contributed by atoms with Gasteiger partial charge < -0.3 is 15.9 Å². The average molecular weight is 380 g/mol. The number of hydrogen-bond donors (Lipinski definition) is 3. The van der Waals surface area contributed by atoms with E-state index >= 15 is 0 Å². The first-order valence-electron chi connectivity index (χ1n) is 11.3. The molecule has 1 atom stereocenters. The molecule has 0 aromatic heterocycles. The second-order valence-electron chi connectivity index (χ2n) is 7.68. The number of anilines is 1. The number of para-hydroxylation sites is 2. The number of aliphatic hydroxyl groups excluding tert-OH is 1. The number of hydrogen-bond acceptors (Lipinski definition) is 3. The highest BCUT2D eigenvalue weighted by Gasteiger charge is 2.01. The van der Waals surface area contributed by atoms with Crippen LogP contribution in [0.3, 0.4) is 0 Å². The lowest BCUT2D eigenvalue weighted by molar-refractivity contribution is 0.150. The van der Waals surface area contributed by atoms with Crippen LogP contribution in [0.15, 0.2) is 24.3 Å². The highest BCUT2D eigenvalue weighted by Crippen LogP contribution is 2.16. The van der Waals surface area contributed by atoms with Crippen LogP contribution >= 0.6 is 0 Å². The maximum atomic E-state index is 9.61. The summed E-state index contributed by atoms with van der Waals surface area (Å²) in [6, 6.07) is 6.70. The van der Waals surface area contributed by atoms with Gasteiger partial charge in [0.15, 0.2) is 0 Å². The lowest BCUT2D eigenvalue weighted by Gasteiger charge is -2.08. The molecule has 0 saturated heterocycles. The molecule has 0 aliphatic heterocycles. The van der Waals surface area contributed by atoms with Gasteiger partial charge in [-0.2, -0.15) is 0 Å². The zero-order chi connectivity index (χ0) is 20.2. The van der Waals surface area contributed by atoms with E-state index in [9.17, 15) is 5.11 Å². The third-order valence-corrected chi connectivity index (χ3v) is 4.95. The van der Waals surface area contributed by atoms with E-state index in [-0.39, 0.29) is 11.9 Å². The Labute approximate surface area is 168 Å². The molecule has 3 nitrogen and oxygen atoms in total. The molecule has 0 amide bonds. The zero-order valence-electron chi connectivity index (χ0n) is 18.0. The van der Waals surface area contributed by atoms with Crippen LogP contribution in [0.4, 0.5) is 5.69 Å². The predicted molar refractivity (Wildman–Crippen MR) is 119 cm³/mol. The van der Waals surface area contributed by atoms with Crippen molar-refractivity contribution in [1.29, 1.82) is 0 Å². The summed E-state index contributed by atoms with van der Waals surface area (Å²) in [5.41, 5.74) is 5.69. The zero-order valence-corrected chi connectivity index (χ0v) is 18.0. The van der Waals surface area contributed by atoms with E-state index in [1.807, 2.05) is 0 Å². The van der Waals surface area contributed by atoms with E-state index in [1.54, 1.807) is 24.3 Å². The molecule has 3 heteroatoms. The van der Waals surface area contributed by atoms with Crippen molar-refractivity contribution < 1.29 is 10.2 Å². The van der Waals surface area contributed by atoms with Crippen molar-refractivity contribution in [3.8, 4) is 5.75 Å². The molecule has 158 valence electrons. The van der Waals surface area contributed by atoms with E-state index in [1.165, 1.54) is 77.0 Å². The van der Waals surface area contributed by atoms with Gasteiger partial charge >= 0.3 is 0 Å². The van der Waals surface area contributed by atoms with Gasteiger partial charge in [0.25, 0.3) is 0 Å². The smallest absolute Gasteiger partial charge is 0.138 e. The normalized spacial score (nSPS) is 11.7. The highest BCUT2D eigenvalue weighted by atomic mass is 16.3. The largest absolute Gasteiger partial charge is 0.506 e. The minimum Gasteiger partial charge on any atom is -0.506 e. The Morgan fingerprint density at radius 1 is 0.704 bits per heavy atom. The standard InChI is InChI=1S/C18H38O.C6H7NO/c1-3-5-6-7-8-9-10-11-12-13-14-15-17-18(19)16-4-2;7-5-3-1-2-4-6(5)8/h18-19H,3-17H2,1-2H3;1-4,8H,7H2. The summed E-state index contributed by atoms with van der Waals surface area (Å²) in [5.74, 6) is 0.146. The van der Waals surface area contributed by atoms with E-state index in [0.717, 1.165) is 19.3 Å². The van der Waals surface area contributed by atoms with Crippen molar-refractivity contribution in [2.45, 2.75) is 116 Å². The fraction of sp³-hybridized carbons (Fsp3) is 0.750. The number of aliphatic hydroxyl groups is 1. The third-order valence-electron chi connectivity index (χ3n) is 4.95. The number of aromatic hydroxyl groups is 1. The topological polar surface area (TPSA) is 66.5 Å². The molecule has 1 unspecified atom stereocenters. The molecule has 1 aromatic rings. The van der Waals surface area contributed by atoms with E-state index in [4.69, 9.17) is 10.8 Å². The first-order chi connectivity index (χ1) is 13.1. The Bertz CT molecular complexity index is 402. The number of rotatable bonds is 15. The Hall–Kier alpha value is -1.22. The Morgan fingerprint density at radius 2 is 1.19 bits per heavy atom. The lowest BCUT2D eigenvalue weighted by Crippen LogP contribution is -2.04. The first kappa shape index (κ1) is 25.8. The molecule has 1 aromatic carbocycles. The van der Waals surface area contributed by atoms with Crippen molar-refractivity contribution in [3.05, 3.63) is 24.3 Å². The first-order valence-corrected chi connectivity index (χ1v) is 11.3. The predicted octanol–water partition coefficient (Wildman–Crippen LogP) is 7.21. The maximum Gasteiger partial charge on any atom is 0.138 e. The van der Waals surface area contributed by atoms with E-state index in [0.29, 0.717) is 5.69 Å². The number of phenols is 1. The van der Waals surface area contributed by atoms with E-state index < -0.39 is 0 Å². The molecule has 0 saturated carbocycles. The van der Waals surface area contributed by atoms with Crippen molar-refractivity contribution >= 4 is 5.69 Å². The number of nitrogen functional groups attached to an aromatic ring is 1. The van der Waals surface area contributed by atoms with Crippen LogP contribution in [0.5, 0.6) is 5.75 Å². The van der Waals surface area contributed by atoms with Crippen LogP contribution < -0.4 is 5.73 Å². The summed E-state index contributed by atoms with van der Waals surface area (Å²) in [6.07, 6.45) is 19.8. The number of phenolic OH excluding ortho intramolecular Hbond substituents is 1. The monoisotopic (exact) mass is 379 g/mol. The summed E-state index contributed by atoms with van der Waals surface area (Å²) in [5, 5.41) is 18.4. The SMILES string of the molecule is CCCCCCCCCCCCCCC(O)CCC.Nc1ccccc1O. The number of benzene rings is 1.